The van der Waals surface area contributed by atoms with Crippen LogP contribution in [0, 0.1) is 0 Å². The van der Waals surface area contributed by atoms with Crippen LogP contribution in [0.15, 0.2) is 18.3 Å². The Labute approximate surface area is 125 Å². The molecule has 0 aliphatic carbocycles. The lowest BCUT2D eigenvalue weighted by molar-refractivity contribution is 0.110. The lowest BCUT2D eigenvalue weighted by Gasteiger charge is -2.38. The summed E-state index contributed by atoms with van der Waals surface area (Å²) in [6, 6.07) is 5.04. The maximum Gasteiger partial charge on any atom is 0.155 e. The molecular weight excluding hydrogens is 264 g/mol. The van der Waals surface area contributed by atoms with E-state index in [0.717, 1.165) is 23.6 Å². The van der Waals surface area contributed by atoms with E-state index in [9.17, 15) is 0 Å². The Balaban J connectivity index is 1.80. The first kappa shape index (κ1) is 14.3. The minimum Gasteiger partial charge on any atom is -0.495 e. The molecule has 1 aliphatic rings. The molecule has 0 aromatic carbocycles. The van der Waals surface area contributed by atoms with Gasteiger partial charge in [0.05, 0.1) is 13.3 Å². The van der Waals surface area contributed by atoms with Crippen molar-refractivity contribution in [2.75, 3.05) is 13.7 Å². The standard InChI is InChI=1S/C16H24N4O/c1-12(2)19-9-5-4-6-13(19)10-15-17-16-8-7-14(21-3)11-20(16)18-15/h7-8,11-13H,4-6,9-10H2,1-3H3. The van der Waals surface area contributed by atoms with Crippen LogP contribution >= 0.6 is 0 Å². The third kappa shape index (κ3) is 3.02. The molecule has 1 aliphatic heterocycles. The predicted molar refractivity (Wildman–Crippen MR) is 82.7 cm³/mol. The highest BCUT2D eigenvalue weighted by Crippen LogP contribution is 2.22. The van der Waals surface area contributed by atoms with E-state index in [1.807, 2.05) is 22.8 Å². The fourth-order valence-electron chi connectivity index (χ4n) is 3.25. The summed E-state index contributed by atoms with van der Waals surface area (Å²) in [6.45, 7) is 5.75. The summed E-state index contributed by atoms with van der Waals surface area (Å²) < 4.78 is 7.05. The highest BCUT2D eigenvalue weighted by Gasteiger charge is 2.25. The Morgan fingerprint density at radius 1 is 1.33 bits per heavy atom. The van der Waals surface area contributed by atoms with Gasteiger partial charge in [0.1, 0.15) is 5.75 Å². The Hall–Kier alpha value is -1.62. The van der Waals surface area contributed by atoms with Crippen LogP contribution in [0.25, 0.3) is 5.65 Å². The van der Waals surface area contributed by atoms with E-state index in [2.05, 4.69) is 28.8 Å². The van der Waals surface area contributed by atoms with Gasteiger partial charge in [-0.3, -0.25) is 4.90 Å². The van der Waals surface area contributed by atoms with Gasteiger partial charge in [0.2, 0.25) is 0 Å². The molecule has 0 bridgehead atoms. The smallest absolute Gasteiger partial charge is 0.155 e. The van der Waals surface area contributed by atoms with Crippen molar-refractivity contribution in [1.29, 1.82) is 0 Å². The number of ether oxygens (including phenoxy) is 1. The minimum atomic E-state index is 0.568. The van der Waals surface area contributed by atoms with Gasteiger partial charge in [-0.1, -0.05) is 6.42 Å². The fraction of sp³-hybridized carbons (Fsp3) is 0.625. The molecule has 0 radical (unpaired) electrons. The summed E-state index contributed by atoms with van der Waals surface area (Å²) in [5, 5.41) is 4.61. The first-order valence-electron chi connectivity index (χ1n) is 7.82. The van der Waals surface area contributed by atoms with Crippen molar-refractivity contribution in [1.82, 2.24) is 19.5 Å². The molecule has 0 spiro atoms. The molecule has 3 rings (SSSR count). The molecule has 0 N–H and O–H groups in total. The molecule has 5 nitrogen and oxygen atoms in total. The van der Waals surface area contributed by atoms with Crippen molar-refractivity contribution in [3.8, 4) is 5.75 Å². The van der Waals surface area contributed by atoms with Crippen LogP contribution < -0.4 is 4.74 Å². The second-order valence-corrected chi connectivity index (χ2v) is 6.09. The normalized spacial score (nSPS) is 20.3. The molecule has 2 aromatic rings. The minimum absolute atomic E-state index is 0.568. The van der Waals surface area contributed by atoms with Crippen LogP contribution in [0.4, 0.5) is 0 Å². The molecule has 0 saturated carbocycles. The average molecular weight is 288 g/mol. The lowest BCUT2D eigenvalue weighted by atomic mass is 9.97. The Morgan fingerprint density at radius 3 is 2.95 bits per heavy atom. The monoisotopic (exact) mass is 288 g/mol. The second-order valence-electron chi connectivity index (χ2n) is 6.09. The zero-order chi connectivity index (χ0) is 14.8. The molecule has 2 aromatic heterocycles. The van der Waals surface area contributed by atoms with Gasteiger partial charge in [0.25, 0.3) is 0 Å². The molecule has 5 heteroatoms. The molecule has 0 amide bonds. The van der Waals surface area contributed by atoms with Crippen molar-refractivity contribution in [2.45, 2.75) is 51.6 Å². The van der Waals surface area contributed by atoms with Crippen LogP contribution in [0.5, 0.6) is 5.75 Å². The predicted octanol–water partition coefficient (Wildman–Crippen LogP) is 2.54. The zero-order valence-corrected chi connectivity index (χ0v) is 13.1. The van der Waals surface area contributed by atoms with E-state index in [1.165, 1.54) is 25.8 Å². The quantitative estimate of drug-likeness (QED) is 0.867. The summed E-state index contributed by atoms with van der Waals surface area (Å²) in [6.07, 6.45) is 6.69. The van der Waals surface area contributed by atoms with Crippen molar-refractivity contribution >= 4 is 5.65 Å². The highest BCUT2D eigenvalue weighted by atomic mass is 16.5. The van der Waals surface area contributed by atoms with Crippen LogP contribution in [0.3, 0.4) is 0 Å². The summed E-state index contributed by atoms with van der Waals surface area (Å²) >= 11 is 0. The Bertz CT molecular complexity index is 607. The van der Waals surface area contributed by atoms with Gasteiger partial charge in [0.15, 0.2) is 11.5 Å². The topological polar surface area (TPSA) is 42.7 Å². The number of hydrogen-bond acceptors (Lipinski definition) is 4. The SMILES string of the molecule is COc1ccc2nc(CC3CCCCN3C(C)C)nn2c1. The van der Waals surface area contributed by atoms with E-state index in [-0.39, 0.29) is 0 Å². The number of rotatable bonds is 4. The number of piperidine rings is 1. The molecule has 1 fully saturated rings. The summed E-state index contributed by atoms with van der Waals surface area (Å²) in [4.78, 5) is 7.24. The molecule has 21 heavy (non-hydrogen) atoms. The van der Waals surface area contributed by atoms with Crippen molar-refractivity contribution in [3.63, 3.8) is 0 Å². The lowest BCUT2D eigenvalue weighted by Crippen LogP contribution is -2.45. The van der Waals surface area contributed by atoms with Gasteiger partial charge in [-0.25, -0.2) is 9.50 Å². The van der Waals surface area contributed by atoms with Gasteiger partial charge < -0.3 is 4.74 Å². The number of pyridine rings is 1. The van der Waals surface area contributed by atoms with Crippen molar-refractivity contribution < 1.29 is 4.74 Å². The van der Waals surface area contributed by atoms with Crippen LogP contribution in [0.2, 0.25) is 0 Å². The molecule has 1 saturated heterocycles. The number of aromatic nitrogens is 3. The summed E-state index contributed by atoms with van der Waals surface area (Å²) in [5.74, 6) is 1.74. The summed E-state index contributed by atoms with van der Waals surface area (Å²) in [7, 11) is 1.67. The van der Waals surface area contributed by atoms with Crippen LogP contribution in [-0.4, -0.2) is 45.2 Å². The van der Waals surface area contributed by atoms with Gasteiger partial charge in [-0.15, -0.1) is 0 Å². The van der Waals surface area contributed by atoms with Gasteiger partial charge in [-0.2, -0.15) is 5.10 Å². The van der Waals surface area contributed by atoms with Crippen molar-refractivity contribution in [2.24, 2.45) is 0 Å². The largest absolute Gasteiger partial charge is 0.495 e. The van der Waals surface area contributed by atoms with E-state index >= 15 is 0 Å². The molecule has 1 atom stereocenters. The maximum atomic E-state index is 5.23. The maximum absolute atomic E-state index is 5.23. The fourth-order valence-corrected chi connectivity index (χ4v) is 3.25. The Morgan fingerprint density at radius 2 is 2.19 bits per heavy atom. The average Bonchev–Trinajstić information content (AvgIpc) is 2.88. The second kappa shape index (κ2) is 6.02. The number of nitrogens with zero attached hydrogens (tertiary/aromatic N) is 4. The van der Waals surface area contributed by atoms with Gasteiger partial charge >= 0.3 is 0 Å². The first-order valence-corrected chi connectivity index (χ1v) is 7.82. The Kier molecular flexibility index (Phi) is 4.10. The zero-order valence-electron chi connectivity index (χ0n) is 13.1. The van der Waals surface area contributed by atoms with Crippen molar-refractivity contribution in [3.05, 3.63) is 24.2 Å². The van der Waals surface area contributed by atoms with Gasteiger partial charge in [-0.05, 0) is 45.4 Å². The third-order valence-corrected chi connectivity index (χ3v) is 4.34. The highest BCUT2D eigenvalue weighted by molar-refractivity contribution is 5.40. The number of fused-ring (bicyclic) bond motifs is 1. The van der Waals surface area contributed by atoms with E-state index in [1.54, 1.807) is 7.11 Å². The first-order chi connectivity index (χ1) is 10.2. The van der Waals surface area contributed by atoms with E-state index < -0.39 is 0 Å². The molecule has 3 heterocycles. The van der Waals surface area contributed by atoms with Crippen LogP contribution in [0.1, 0.15) is 38.9 Å². The third-order valence-electron chi connectivity index (χ3n) is 4.34. The summed E-state index contributed by atoms with van der Waals surface area (Å²) in [5.41, 5.74) is 0.887. The number of hydrogen-bond donors (Lipinski definition) is 0. The van der Waals surface area contributed by atoms with E-state index in [4.69, 9.17) is 4.74 Å². The molecule has 114 valence electrons. The van der Waals surface area contributed by atoms with Crippen LogP contribution in [-0.2, 0) is 6.42 Å². The number of likely N-dealkylation sites (tertiary alicyclic amines) is 1. The van der Waals surface area contributed by atoms with Gasteiger partial charge in [0, 0.05) is 18.5 Å². The number of methoxy groups -OCH3 is 1. The molecular formula is C16H24N4O. The molecule has 1 unspecified atom stereocenters. The van der Waals surface area contributed by atoms with E-state index in [0.29, 0.717) is 12.1 Å².